The van der Waals surface area contributed by atoms with Crippen molar-refractivity contribution in [1.29, 1.82) is 0 Å². The Morgan fingerprint density at radius 2 is 1.95 bits per heavy atom. The Morgan fingerprint density at radius 1 is 1.15 bits per heavy atom. The van der Waals surface area contributed by atoms with Gasteiger partial charge in [-0.25, -0.2) is 8.78 Å². The molecule has 0 saturated carbocycles. The van der Waals surface area contributed by atoms with E-state index in [1.165, 1.54) is 12.1 Å². The van der Waals surface area contributed by atoms with E-state index in [2.05, 4.69) is 10.6 Å². The van der Waals surface area contributed by atoms with E-state index in [1.54, 1.807) is 0 Å². The third-order valence-electron chi connectivity index (χ3n) is 3.30. The average Bonchev–Trinajstić information content (AvgIpc) is 2.88. The smallest absolute Gasteiger partial charge is 0.247 e. The van der Waals surface area contributed by atoms with Crippen LogP contribution < -0.4 is 10.6 Å². The number of nitrogens with one attached hydrogen (secondary N) is 2. The summed E-state index contributed by atoms with van der Waals surface area (Å²) in [5.41, 5.74) is 1.78. The number of para-hydroxylation sites is 1. The third kappa shape index (κ3) is 2.22. The Balaban J connectivity index is 1.74. The molecule has 5 heteroatoms. The molecule has 0 fully saturated rings. The molecule has 1 aliphatic heterocycles. The number of anilines is 2. The van der Waals surface area contributed by atoms with Crippen molar-refractivity contribution in [3.8, 4) is 0 Å². The maximum atomic E-state index is 13.5. The Morgan fingerprint density at radius 3 is 2.75 bits per heavy atom. The number of amides is 1. The maximum Gasteiger partial charge on any atom is 0.247 e. The Bertz CT molecular complexity index is 648. The fourth-order valence-electron chi connectivity index (χ4n) is 2.28. The minimum Gasteiger partial charge on any atom is -0.373 e. The lowest BCUT2D eigenvalue weighted by Gasteiger charge is -2.12. The molecule has 1 heterocycles. The lowest BCUT2D eigenvalue weighted by atomic mass is 10.1. The van der Waals surface area contributed by atoms with E-state index in [0.29, 0.717) is 6.42 Å². The first kappa shape index (κ1) is 12.6. The van der Waals surface area contributed by atoms with Crippen molar-refractivity contribution in [2.45, 2.75) is 12.5 Å². The van der Waals surface area contributed by atoms with Gasteiger partial charge in [-0.3, -0.25) is 4.79 Å². The van der Waals surface area contributed by atoms with Crippen molar-refractivity contribution in [2.24, 2.45) is 0 Å². The van der Waals surface area contributed by atoms with Gasteiger partial charge in [-0.2, -0.15) is 0 Å². The Labute approximate surface area is 114 Å². The molecule has 0 radical (unpaired) electrons. The second kappa shape index (κ2) is 4.92. The van der Waals surface area contributed by atoms with E-state index in [0.717, 1.165) is 17.3 Å². The number of carbonyl (C=O) groups excluding carboxylic acids is 1. The van der Waals surface area contributed by atoms with Gasteiger partial charge < -0.3 is 10.6 Å². The molecule has 0 aliphatic carbocycles. The third-order valence-corrected chi connectivity index (χ3v) is 3.30. The molecule has 3 rings (SSSR count). The van der Waals surface area contributed by atoms with E-state index >= 15 is 0 Å². The molecule has 0 spiro atoms. The number of benzene rings is 2. The van der Waals surface area contributed by atoms with Crippen molar-refractivity contribution in [3.63, 3.8) is 0 Å². The van der Waals surface area contributed by atoms with Gasteiger partial charge in [0.05, 0.1) is 5.69 Å². The van der Waals surface area contributed by atoms with Gasteiger partial charge in [0.1, 0.15) is 6.04 Å². The highest BCUT2D eigenvalue weighted by Crippen LogP contribution is 2.26. The van der Waals surface area contributed by atoms with Crippen molar-refractivity contribution in [2.75, 3.05) is 10.6 Å². The summed E-state index contributed by atoms with van der Waals surface area (Å²) < 4.78 is 26.6. The van der Waals surface area contributed by atoms with Crippen LogP contribution in [0.2, 0.25) is 0 Å². The van der Waals surface area contributed by atoms with Crippen molar-refractivity contribution < 1.29 is 13.6 Å². The van der Waals surface area contributed by atoms with Gasteiger partial charge in [0.25, 0.3) is 0 Å². The predicted octanol–water partition coefficient (Wildman–Crippen LogP) is 2.94. The monoisotopic (exact) mass is 274 g/mol. The zero-order valence-corrected chi connectivity index (χ0v) is 10.5. The molecule has 2 aromatic rings. The zero-order chi connectivity index (χ0) is 14.1. The van der Waals surface area contributed by atoms with Crippen LogP contribution in [0.3, 0.4) is 0 Å². The number of rotatable bonds is 2. The van der Waals surface area contributed by atoms with Gasteiger partial charge in [0.15, 0.2) is 11.6 Å². The molecule has 1 amide bonds. The largest absolute Gasteiger partial charge is 0.373 e. The van der Waals surface area contributed by atoms with E-state index in [9.17, 15) is 13.6 Å². The van der Waals surface area contributed by atoms with Gasteiger partial charge in [-0.05, 0) is 23.8 Å². The van der Waals surface area contributed by atoms with Crippen molar-refractivity contribution >= 4 is 17.3 Å². The van der Waals surface area contributed by atoms with Crippen LogP contribution >= 0.6 is 0 Å². The summed E-state index contributed by atoms with van der Waals surface area (Å²) in [5, 5.41) is 5.47. The first-order valence-electron chi connectivity index (χ1n) is 6.24. The predicted molar refractivity (Wildman–Crippen MR) is 72.5 cm³/mol. The van der Waals surface area contributed by atoms with Crippen LogP contribution in [0.15, 0.2) is 42.5 Å². The summed E-state index contributed by atoms with van der Waals surface area (Å²) in [6.45, 7) is 0. The van der Waals surface area contributed by atoms with E-state index in [4.69, 9.17) is 0 Å². The minimum atomic E-state index is -1.05. The number of hydrogen-bond acceptors (Lipinski definition) is 2. The van der Waals surface area contributed by atoms with Gasteiger partial charge >= 0.3 is 0 Å². The van der Waals surface area contributed by atoms with Gasteiger partial charge in [0, 0.05) is 12.1 Å². The quantitative estimate of drug-likeness (QED) is 0.884. The van der Waals surface area contributed by atoms with Crippen LogP contribution in [0.5, 0.6) is 0 Å². The fraction of sp³-hybridized carbons (Fsp3) is 0.133. The van der Waals surface area contributed by atoms with Crippen molar-refractivity contribution in [1.82, 2.24) is 0 Å². The summed E-state index contributed by atoms with van der Waals surface area (Å²) in [6, 6.07) is 10.8. The molecule has 1 unspecified atom stereocenters. The van der Waals surface area contributed by atoms with Crippen LogP contribution in [0, 0.1) is 11.6 Å². The SMILES string of the molecule is O=C(Nc1cccc(F)c1F)C1Cc2ccccc2N1. The van der Waals surface area contributed by atoms with Crippen LogP contribution in [-0.4, -0.2) is 11.9 Å². The highest BCUT2D eigenvalue weighted by atomic mass is 19.2. The normalized spacial score (nSPS) is 16.4. The summed E-state index contributed by atoms with van der Waals surface area (Å²) in [7, 11) is 0. The Hall–Kier alpha value is -2.43. The molecule has 0 aromatic heterocycles. The number of halogens is 2. The number of hydrogen-bond donors (Lipinski definition) is 2. The van der Waals surface area contributed by atoms with Crippen LogP contribution in [0.4, 0.5) is 20.2 Å². The zero-order valence-electron chi connectivity index (χ0n) is 10.5. The van der Waals surface area contributed by atoms with Crippen LogP contribution in [-0.2, 0) is 11.2 Å². The topological polar surface area (TPSA) is 41.1 Å². The summed E-state index contributed by atoms with van der Waals surface area (Å²) in [5.74, 6) is -2.41. The molecule has 1 aliphatic rings. The van der Waals surface area contributed by atoms with Crippen molar-refractivity contribution in [3.05, 3.63) is 59.7 Å². The maximum absolute atomic E-state index is 13.5. The molecule has 1 atom stereocenters. The molecule has 2 N–H and O–H groups in total. The standard InChI is InChI=1S/C15H12F2N2O/c16-10-5-3-7-12(14(10)17)19-15(20)13-8-9-4-1-2-6-11(9)18-13/h1-7,13,18H,8H2,(H,19,20). The fourth-order valence-corrected chi connectivity index (χ4v) is 2.28. The molecule has 0 saturated heterocycles. The Kier molecular flexibility index (Phi) is 3.10. The molecule has 102 valence electrons. The van der Waals surface area contributed by atoms with Gasteiger partial charge in [-0.15, -0.1) is 0 Å². The molecule has 0 bridgehead atoms. The summed E-state index contributed by atoms with van der Waals surface area (Å²) >= 11 is 0. The van der Waals surface area contributed by atoms with Gasteiger partial charge in [0.2, 0.25) is 5.91 Å². The average molecular weight is 274 g/mol. The molecular formula is C15H12F2N2O. The highest BCUT2D eigenvalue weighted by molar-refractivity contribution is 5.98. The van der Waals surface area contributed by atoms with Gasteiger partial charge in [-0.1, -0.05) is 24.3 Å². The summed E-state index contributed by atoms with van der Waals surface area (Å²) in [6.07, 6.45) is 0.527. The first-order chi connectivity index (χ1) is 9.65. The van der Waals surface area contributed by atoms with E-state index in [1.807, 2.05) is 24.3 Å². The molecule has 2 aromatic carbocycles. The first-order valence-corrected chi connectivity index (χ1v) is 6.24. The number of carbonyl (C=O) groups is 1. The molecule has 3 nitrogen and oxygen atoms in total. The van der Waals surface area contributed by atoms with E-state index < -0.39 is 17.7 Å². The second-order valence-electron chi connectivity index (χ2n) is 4.65. The second-order valence-corrected chi connectivity index (χ2v) is 4.65. The summed E-state index contributed by atoms with van der Waals surface area (Å²) in [4.78, 5) is 12.1. The van der Waals surface area contributed by atoms with Crippen LogP contribution in [0.25, 0.3) is 0 Å². The lowest BCUT2D eigenvalue weighted by molar-refractivity contribution is -0.116. The highest BCUT2D eigenvalue weighted by Gasteiger charge is 2.27. The minimum absolute atomic E-state index is 0.146. The van der Waals surface area contributed by atoms with E-state index in [-0.39, 0.29) is 11.6 Å². The molecular weight excluding hydrogens is 262 g/mol. The lowest BCUT2D eigenvalue weighted by Crippen LogP contribution is -2.33. The number of fused-ring (bicyclic) bond motifs is 1. The molecule has 20 heavy (non-hydrogen) atoms. The van der Waals surface area contributed by atoms with Crippen LogP contribution in [0.1, 0.15) is 5.56 Å².